The van der Waals surface area contributed by atoms with Gasteiger partial charge in [-0.1, -0.05) is 46.4 Å². The van der Waals surface area contributed by atoms with Gasteiger partial charge in [0.05, 0.1) is 15.7 Å². The first kappa shape index (κ1) is 20.4. The highest BCUT2D eigenvalue weighted by Crippen LogP contribution is 2.34. The Labute approximate surface area is 188 Å². The number of rotatable bonds is 3. The topological polar surface area (TPSA) is 43.9 Å². The quantitative estimate of drug-likeness (QED) is 0.604. The molecule has 9 heteroatoms. The number of halogens is 4. The minimum absolute atomic E-state index is 0.0824. The van der Waals surface area contributed by atoms with Crippen molar-refractivity contribution in [3.8, 4) is 0 Å². The van der Waals surface area contributed by atoms with E-state index in [9.17, 15) is 9.59 Å². The van der Waals surface area contributed by atoms with Gasteiger partial charge in [-0.25, -0.2) is 4.90 Å². The number of amides is 2. The van der Waals surface area contributed by atoms with E-state index >= 15 is 0 Å². The standard InChI is InChI=1S/C20H15Cl4N3O2/c21-12-1-3-13(4-2-12)25-7-9-26(10-8-25)18-17(24)19(28)27(20(18)29)14-5-6-15(22)16(23)11-14/h1-6,11H,7-10H2. The van der Waals surface area contributed by atoms with E-state index in [0.29, 0.717) is 41.9 Å². The summed E-state index contributed by atoms with van der Waals surface area (Å²) in [7, 11) is 0. The molecule has 0 unspecified atom stereocenters. The maximum absolute atomic E-state index is 13.0. The van der Waals surface area contributed by atoms with Crippen LogP contribution >= 0.6 is 46.4 Å². The van der Waals surface area contributed by atoms with E-state index in [2.05, 4.69) is 4.90 Å². The van der Waals surface area contributed by atoms with E-state index < -0.39 is 11.8 Å². The number of carbonyl (C=O) groups is 2. The molecule has 2 heterocycles. The van der Waals surface area contributed by atoms with Crippen molar-refractivity contribution < 1.29 is 9.59 Å². The van der Waals surface area contributed by atoms with Gasteiger partial charge in [0, 0.05) is 36.9 Å². The Balaban J connectivity index is 1.51. The predicted octanol–water partition coefficient (Wildman–Crippen LogP) is 4.79. The van der Waals surface area contributed by atoms with Crippen molar-refractivity contribution in [2.45, 2.75) is 0 Å². The van der Waals surface area contributed by atoms with Crippen LogP contribution < -0.4 is 9.80 Å². The van der Waals surface area contributed by atoms with Crippen molar-refractivity contribution in [1.82, 2.24) is 4.90 Å². The van der Waals surface area contributed by atoms with Crippen LogP contribution in [0.4, 0.5) is 11.4 Å². The Morgan fingerprint density at radius 1 is 0.655 bits per heavy atom. The van der Waals surface area contributed by atoms with E-state index in [4.69, 9.17) is 46.4 Å². The molecule has 0 N–H and O–H groups in total. The zero-order chi connectivity index (χ0) is 20.7. The fourth-order valence-electron chi connectivity index (χ4n) is 3.46. The first-order valence-corrected chi connectivity index (χ1v) is 10.4. The number of nitrogens with zero attached hydrogens (tertiary/aromatic N) is 3. The van der Waals surface area contributed by atoms with Crippen molar-refractivity contribution in [3.63, 3.8) is 0 Å². The van der Waals surface area contributed by atoms with Gasteiger partial charge in [-0.05, 0) is 42.5 Å². The summed E-state index contributed by atoms with van der Waals surface area (Å²) in [5, 5.41) is 1.20. The smallest absolute Gasteiger partial charge is 0.283 e. The van der Waals surface area contributed by atoms with E-state index in [1.54, 1.807) is 6.07 Å². The molecular weight excluding hydrogens is 456 g/mol. The minimum atomic E-state index is -0.565. The highest BCUT2D eigenvalue weighted by molar-refractivity contribution is 6.52. The second-order valence-corrected chi connectivity index (χ2v) is 8.29. The lowest BCUT2D eigenvalue weighted by Gasteiger charge is -2.37. The fraction of sp³-hybridized carbons (Fsp3) is 0.200. The maximum atomic E-state index is 13.0. The maximum Gasteiger partial charge on any atom is 0.283 e. The fourth-order valence-corrected chi connectivity index (χ4v) is 4.17. The number of carbonyl (C=O) groups excluding carboxylic acids is 2. The number of benzene rings is 2. The van der Waals surface area contributed by atoms with Crippen LogP contribution in [0.1, 0.15) is 0 Å². The van der Waals surface area contributed by atoms with Crippen molar-refractivity contribution in [2.24, 2.45) is 0 Å². The van der Waals surface area contributed by atoms with Crippen LogP contribution in [0.3, 0.4) is 0 Å². The number of anilines is 2. The molecule has 0 saturated carbocycles. The Kier molecular flexibility index (Phi) is 5.67. The molecule has 4 rings (SSSR count). The van der Waals surface area contributed by atoms with E-state index in [1.165, 1.54) is 12.1 Å². The minimum Gasteiger partial charge on any atom is -0.368 e. The Hall–Kier alpha value is -1.92. The molecule has 0 radical (unpaired) electrons. The average molecular weight is 471 g/mol. The molecule has 29 heavy (non-hydrogen) atoms. The third-order valence-electron chi connectivity index (χ3n) is 4.95. The second-order valence-electron chi connectivity index (χ2n) is 6.66. The molecule has 2 aromatic rings. The van der Waals surface area contributed by atoms with Crippen LogP contribution in [0.5, 0.6) is 0 Å². The molecule has 0 atom stereocenters. The van der Waals surface area contributed by atoms with Crippen LogP contribution in [0, 0.1) is 0 Å². The normalized spacial score (nSPS) is 17.6. The van der Waals surface area contributed by atoms with Gasteiger partial charge in [0.1, 0.15) is 10.7 Å². The summed E-state index contributed by atoms with van der Waals surface area (Å²) in [6.45, 7) is 2.48. The Morgan fingerprint density at radius 3 is 1.86 bits per heavy atom. The Morgan fingerprint density at radius 2 is 1.24 bits per heavy atom. The summed E-state index contributed by atoms with van der Waals surface area (Å²) in [6.07, 6.45) is 0. The van der Waals surface area contributed by atoms with E-state index in [1.807, 2.05) is 29.2 Å². The molecule has 2 aromatic carbocycles. The largest absolute Gasteiger partial charge is 0.368 e. The van der Waals surface area contributed by atoms with Crippen LogP contribution in [0.25, 0.3) is 0 Å². The molecule has 2 amide bonds. The van der Waals surface area contributed by atoms with Gasteiger partial charge in [0.2, 0.25) is 0 Å². The van der Waals surface area contributed by atoms with Gasteiger partial charge >= 0.3 is 0 Å². The second kappa shape index (κ2) is 8.07. The predicted molar refractivity (Wildman–Crippen MR) is 117 cm³/mol. The van der Waals surface area contributed by atoms with Crippen molar-refractivity contribution >= 4 is 69.6 Å². The summed E-state index contributed by atoms with van der Waals surface area (Å²) in [4.78, 5) is 30.8. The van der Waals surface area contributed by atoms with Gasteiger partial charge in [-0.2, -0.15) is 0 Å². The van der Waals surface area contributed by atoms with Crippen LogP contribution in [-0.4, -0.2) is 42.9 Å². The lowest BCUT2D eigenvalue weighted by molar-refractivity contribution is -0.121. The first-order chi connectivity index (χ1) is 13.9. The average Bonchev–Trinajstić information content (AvgIpc) is 2.94. The SMILES string of the molecule is O=C1C(Cl)=C(N2CCN(c3ccc(Cl)cc3)CC2)C(=O)N1c1ccc(Cl)c(Cl)c1. The van der Waals surface area contributed by atoms with Crippen molar-refractivity contribution in [1.29, 1.82) is 0 Å². The molecule has 0 spiro atoms. The van der Waals surface area contributed by atoms with Crippen LogP contribution in [0.15, 0.2) is 53.2 Å². The highest BCUT2D eigenvalue weighted by Gasteiger charge is 2.42. The molecule has 0 bridgehead atoms. The summed E-state index contributed by atoms with van der Waals surface area (Å²) < 4.78 is 0. The molecule has 2 aliphatic heterocycles. The molecule has 1 fully saturated rings. The van der Waals surface area contributed by atoms with Gasteiger partial charge in [-0.15, -0.1) is 0 Å². The zero-order valence-corrected chi connectivity index (χ0v) is 18.1. The molecule has 150 valence electrons. The summed E-state index contributed by atoms with van der Waals surface area (Å²) in [5.74, 6) is -1.02. The summed E-state index contributed by atoms with van der Waals surface area (Å²) in [6, 6.07) is 12.2. The summed E-state index contributed by atoms with van der Waals surface area (Å²) in [5.41, 5.74) is 1.61. The first-order valence-electron chi connectivity index (χ1n) is 8.86. The lowest BCUT2D eigenvalue weighted by Crippen LogP contribution is -2.47. The third kappa shape index (κ3) is 3.80. The van der Waals surface area contributed by atoms with Gasteiger partial charge < -0.3 is 9.80 Å². The molecular formula is C20H15Cl4N3O2. The Bertz CT molecular complexity index is 1010. The van der Waals surface area contributed by atoms with Gasteiger partial charge in [0.15, 0.2) is 0 Å². The molecule has 5 nitrogen and oxygen atoms in total. The zero-order valence-electron chi connectivity index (χ0n) is 15.0. The van der Waals surface area contributed by atoms with Gasteiger partial charge in [0.25, 0.3) is 11.8 Å². The monoisotopic (exact) mass is 469 g/mol. The summed E-state index contributed by atoms with van der Waals surface area (Å²) >= 11 is 24.2. The van der Waals surface area contributed by atoms with Crippen LogP contribution in [-0.2, 0) is 9.59 Å². The van der Waals surface area contributed by atoms with Gasteiger partial charge in [-0.3, -0.25) is 9.59 Å². The number of imide groups is 1. The third-order valence-corrected chi connectivity index (χ3v) is 6.29. The van der Waals surface area contributed by atoms with E-state index in [-0.39, 0.29) is 15.8 Å². The van der Waals surface area contributed by atoms with Crippen molar-refractivity contribution in [2.75, 3.05) is 36.0 Å². The molecule has 0 aromatic heterocycles. The number of hydrogen-bond acceptors (Lipinski definition) is 4. The van der Waals surface area contributed by atoms with Crippen LogP contribution in [0.2, 0.25) is 15.1 Å². The number of piperazine rings is 1. The lowest BCUT2D eigenvalue weighted by atomic mass is 10.2. The van der Waals surface area contributed by atoms with Crippen molar-refractivity contribution in [3.05, 3.63) is 68.3 Å². The molecule has 2 aliphatic rings. The molecule has 0 aliphatic carbocycles. The highest BCUT2D eigenvalue weighted by atomic mass is 35.5. The molecule has 1 saturated heterocycles. The van der Waals surface area contributed by atoms with E-state index in [0.717, 1.165) is 10.6 Å². The number of hydrogen-bond donors (Lipinski definition) is 0.